The summed E-state index contributed by atoms with van der Waals surface area (Å²) < 4.78 is 0. The summed E-state index contributed by atoms with van der Waals surface area (Å²) in [6.07, 6.45) is 0. The number of rotatable bonds is 3. The van der Waals surface area contributed by atoms with E-state index in [-0.39, 0.29) is 5.69 Å². The lowest BCUT2D eigenvalue weighted by Gasteiger charge is -2.16. The maximum atomic E-state index is 10.9. The molecular weight excluding hydrogens is 254 g/mol. The first-order chi connectivity index (χ1) is 8.88. The van der Waals surface area contributed by atoms with Gasteiger partial charge >= 0.3 is 5.97 Å². The third kappa shape index (κ3) is 3.09. The minimum atomic E-state index is -1.30. The fourth-order valence-corrected chi connectivity index (χ4v) is 3.02. The van der Waals surface area contributed by atoms with Crippen LogP contribution < -0.4 is 5.19 Å². The average Bonchev–Trinajstić information content (AvgIpc) is 2.38. The molecule has 0 spiro atoms. The summed E-state index contributed by atoms with van der Waals surface area (Å²) >= 11 is 0. The maximum Gasteiger partial charge on any atom is 0.354 e. The van der Waals surface area contributed by atoms with Gasteiger partial charge in [-0.25, -0.2) is 9.78 Å². The van der Waals surface area contributed by atoms with E-state index in [9.17, 15) is 4.79 Å². The van der Waals surface area contributed by atoms with E-state index < -0.39 is 14.0 Å². The number of benzene rings is 1. The van der Waals surface area contributed by atoms with Gasteiger partial charge in [0.1, 0.15) is 5.69 Å². The van der Waals surface area contributed by atoms with E-state index in [4.69, 9.17) is 5.11 Å². The van der Waals surface area contributed by atoms with E-state index >= 15 is 0 Å². The van der Waals surface area contributed by atoms with Crippen molar-refractivity contribution < 1.29 is 9.90 Å². The van der Waals surface area contributed by atoms with E-state index in [0.717, 1.165) is 5.56 Å². The van der Waals surface area contributed by atoms with Gasteiger partial charge in [0.25, 0.3) is 0 Å². The number of hydrogen-bond acceptors (Lipinski definition) is 2. The van der Waals surface area contributed by atoms with Gasteiger partial charge in [-0.1, -0.05) is 55.2 Å². The first-order valence-electron chi connectivity index (χ1n) is 6.19. The van der Waals surface area contributed by atoms with Crippen LogP contribution in [0.25, 0.3) is 11.3 Å². The smallest absolute Gasteiger partial charge is 0.354 e. The van der Waals surface area contributed by atoms with Gasteiger partial charge in [0, 0.05) is 5.56 Å². The third-order valence-corrected chi connectivity index (χ3v) is 5.08. The largest absolute Gasteiger partial charge is 0.477 e. The number of hydrogen-bond donors (Lipinski definition) is 1. The second kappa shape index (κ2) is 4.97. The number of carbonyl (C=O) groups is 1. The standard InChI is InChI=1S/C15H17NO2Si/c1-19(2,3)12-9-7-11(8-10-12)13-5-4-6-14(16-13)15(17)18/h4-10H,1-3H3,(H,17,18). The Balaban J connectivity index is 2.37. The fourth-order valence-electron chi connectivity index (χ4n) is 1.86. The zero-order valence-electron chi connectivity index (χ0n) is 11.3. The van der Waals surface area contributed by atoms with E-state index in [0.29, 0.717) is 5.69 Å². The normalized spacial score (nSPS) is 11.3. The molecule has 0 saturated heterocycles. The van der Waals surface area contributed by atoms with Crippen LogP contribution in [0.1, 0.15) is 10.5 Å². The van der Waals surface area contributed by atoms with E-state index in [1.807, 2.05) is 18.2 Å². The van der Waals surface area contributed by atoms with Crippen molar-refractivity contribution in [2.24, 2.45) is 0 Å². The molecular formula is C15H17NO2Si. The minimum absolute atomic E-state index is 0.0757. The SMILES string of the molecule is C[Si](C)(C)c1ccc(-c2cccc(C(=O)O)n2)cc1. The summed E-state index contributed by atoms with van der Waals surface area (Å²) in [5, 5.41) is 10.3. The van der Waals surface area contributed by atoms with Gasteiger partial charge in [0.2, 0.25) is 0 Å². The van der Waals surface area contributed by atoms with Crippen molar-refractivity contribution in [3.8, 4) is 11.3 Å². The maximum absolute atomic E-state index is 10.9. The highest BCUT2D eigenvalue weighted by Gasteiger charge is 2.16. The van der Waals surface area contributed by atoms with Crippen LogP contribution in [-0.4, -0.2) is 24.1 Å². The van der Waals surface area contributed by atoms with Gasteiger partial charge < -0.3 is 5.11 Å². The van der Waals surface area contributed by atoms with Gasteiger partial charge in [0.05, 0.1) is 13.8 Å². The Morgan fingerprint density at radius 2 is 1.68 bits per heavy atom. The molecule has 2 aromatic rings. The predicted octanol–water partition coefficient (Wildman–Crippen LogP) is 2.99. The zero-order chi connectivity index (χ0) is 14.0. The van der Waals surface area contributed by atoms with Crippen LogP contribution in [-0.2, 0) is 0 Å². The summed E-state index contributed by atoms with van der Waals surface area (Å²) in [5.41, 5.74) is 1.72. The van der Waals surface area contributed by atoms with Crippen molar-refractivity contribution in [3.63, 3.8) is 0 Å². The van der Waals surface area contributed by atoms with Gasteiger partial charge in [-0.2, -0.15) is 0 Å². The Labute approximate surface area is 114 Å². The summed E-state index contributed by atoms with van der Waals surface area (Å²) in [7, 11) is -1.30. The Morgan fingerprint density at radius 1 is 1.05 bits per heavy atom. The van der Waals surface area contributed by atoms with Crippen LogP contribution in [0.3, 0.4) is 0 Å². The molecule has 0 bridgehead atoms. The molecule has 0 fully saturated rings. The van der Waals surface area contributed by atoms with Crippen molar-refractivity contribution in [2.45, 2.75) is 19.6 Å². The molecule has 2 rings (SSSR count). The molecule has 0 atom stereocenters. The zero-order valence-corrected chi connectivity index (χ0v) is 12.3. The van der Waals surface area contributed by atoms with Crippen LogP contribution in [0.2, 0.25) is 19.6 Å². The third-order valence-electron chi connectivity index (χ3n) is 3.01. The molecule has 0 radical (unpaired) electrons. The lowest BCUT2D eigenvalue weighted by Crippen LogP contribution is -2.37. The molecule has 4 heteroatoms. The van der Waals surface area contributed by atoms with Crippen molar-refractivity contribution in [1.82, 2.24) is 4.98 Å². The molecule has 3 nitrogen and oxygen atoms in total. The Kier molecular flexibility index (Phi) is 3.53. The molecule has 1 aromatic carbocycles. The quantitative estimate of drug-likeness (QED) is 0.873. The topological polar surface area (TPSA) is 50.2 Å². The molecule has 0 unspecified atom stereocenters. The lowest BCUT2D eigenvalue weighted by molar-refractivity contribution is 0.0690. The molecule has 19 heavy (non-hydrogen) atoms. The number of carboxylic acid groups (broad SMARTS) is 1. The number of aromatic nitrogens is 1. The predicted molar refractivity (Wildman–Crippen MR) is 79.6 cm³/mol. The molecule has 1 N–H and O–H groups in total. The number of carboxylic acids is 1. The molecule has 0 aliphatic carbocycles. The van der Waals surface area contributed by atoms with E-state index in [2.05, 4.69) is 36.8 Å². The summed E-state index contributed by atoms with van der Waals surface area (Å²) in [6.45, 7) is 6.89. The molecule has 98 valence electrons. The van der Waals surface area contributed by atoms with Crippen LogP contribution in [0.15, 0.2) is 42.5 Å². The fraction of sp³-hybridized carbons (Fsp3) is 0.200. The summed E-state index contributed by atoms with van der Waals surface area (Å²) in [6, 6.07) is 13.3. The second-order valence-corrected chi connectivity index (χ2v) is 10.6. The van der Waals surface area contributed by atoms with E-state index in [1.165, 1.54) is 11.3 Å². The first kappa shape index (κ1) is 13.5. The second-order valence-electron chi connectivity index (χ2n) is 5.54. The highest BCUT2D eigenvalue weighted by atomic mass is 28.3. The van der Waals surface area contributed by atoms with Gasteiger partial charge in [0.15, 0.2) is 0 Å². The molecule has 1 aromatic heterocycles. The summed E-state index contributed by atoms with van der Waals surface area (Å²) in [4.78, 5) is 15.1. The Bertz CT molecular complexity index is 600. The minimum Gasteiger partial charge on any atom is -0.477 e. The number of pyridine rings is 1. The average molecular weight is 271 g/mol. The summed E-state index contributed by atoms with van der Waals surface area (Å²) in [5.74, 6) is -0.999. The van der Waals surface area contributed by atoms with Crippen molar-refractivity contribution >= 4 is 19.2 Å². The van der Waals surface area contributed by atoms with Crippen molar-refractivity contribution in [2.75, 3.05) is 0 Å². The molecule has 0 aliphatic rings. The molecule has 0 saturated carbocycles. The number of nitrogens with zero attached hydrogens (tertiary/aromatic N) is 1. The van der Waals surface area contributed by atoms with Gasteiger partial charge in [-0.15, -0.1) is 0 Å². The van der Waals surface area contributed by atoms with Crippen molar-refractivity contribution in [1.29, 1.82) is 0 Å². The Hall–Kier alpha value is -1.94. The van der Waals surface area contributed by atoms with Crippen LogP contribution >= 0.6 is 0 Å². The highest BCUT2D eigenvalue weighted by molar-refractivity contribution is 6.88. The van der Waals surface area contributed by atoms with Crippen LogP contribution in [0, 0.1) is 0 Å². The molecule has 0 amide bonds. The monoisotopic (exact) mass is 271 g/mol. The molecule has 0 aliphatic heterocycles. The lowest BCUT2D eigenvalue weighted by atomic mass is 10.1. The van der Waals surface area contributed by atoms with Crippen LogP contribution in [0.5, 0.6) is 0 Å². The van der Waals surface area contributed by atoms with E-state index in [1.54, 1.807) is 6.07 Å². The highest BCUT2D eigenvalue weighted by Crippen LogP contribution is 2.17. The number of aromatic carboxylic acids is 1. The van der Waals surface area contributed by atoms with Crippen LogP contribution in [0.4, 0.5) is 0 Å². The molecule has 1 heterocycles. The Morgan fingerprint density at radius 3 is 2.21 bits per heavy atom. The first-order valence-corrected chi connectivity index (χ1v) is 9.69. The van der Waals surface area contributed by atoms with Crippen molar-refractivity contribution in [3.05, 3.63) is 48.2 Å². The van der Waals surface area contributed by atoms with Gasteiger partial charge in [-0.05, 0) is 12.1 Å². The van der Waals surface area contributed by atoms with Gasteiger partial charge in [-0.3, -0.25) is 0 Å².